The molecule has 0 saturated heterocycles. The van der Waals surface area contributed by atoms with Gasteiger partial charge < -0.3 is 16.4 Å². The highest BCUT2D eigenvalue weighted by Crippen LogP contribution is 2.42. The first-order valence-corrected chi connectivity index (χ1v) is 9.37. The van der Waals surface area contributed by atoms with E-state index in [1.807, 2.05) is 31.2 Å². The minimum absolute atomic E-state index is 0. The van der Waals surface area contributed by atoms with E-state index in [-0.39, 0.29) is 42.6 Å². The predicted molar refractivity (Wildman–Crippen MR) is 106 cm³/mol. The van der Waals surface area contributed by atoms with Crippen LogP contribution in [0.15, 0.2) is 24.3 Å². The number of amides is 2. The molecule has 2 aliphatic rings. The van der Waals surface area contributed by atoms with E-state index in [0.717, 1.165) is 36.9 Å². The van der Waals surface area contributed by atoms with Crippen LogP contribution in [0.5, 0.6) is 0 Å². The zero-order valence-electron chi connectivity index (χ0n) is 15.4. The SMILES string of the molecule is Cc1cccc(N(CCC(N)=O)C(=O)C2CC3CCCC(C2)C3N)c1.Cl. The average molecular weight is 380 g/mol. The Kier molecular flexibility index (Phi) is 7.07. The third-order valence-corrected chi connectivity index (χ3v) is 5.92. The normalized spacial score (nSPS) is 27.3. The Balaban J connectivity index is 0.00000243. The number of carbonyl (C=O) groups is 2. The molecule has 3 rings (SSSR count). The van der Waals surface area contributed by atoms with Crippen LogP contribution < -0.4 is 16.4 Å². The molecule has 1 aromatic rings. The number of primary amides is 1. The van der Waals surface area contributed by atoms with E-state index >= 15 is 0 Å². The van der Waals surface area contributed by atoms with Crippen LogP contribution in [0.1, 0.15) is 44.1 Å². The Morgan fingerprint density at radius 2 is 1.85 bits per heavy atom. The summed E-state index contributed by atoms with van der Waals surface area (Å²) in [5.41, 5.74) is 13.6. The van der Waals surface area contributed by atoms with Crippen molar-refractivity contribution in [1.82, 2.24) is 0 Å². The van der Waals surface area contributed by atoms with Gasteiger partial charge in [0.25, 0.3) is 0 Å². The van der Waals surface area contributed by atoms with E-state index in [2.05, 4.69) is 0 Å². The van der Waals surface area contributed by atoms with Crippen molar-refractivity contribution in [1.29, 1.82) is 0 Å². The Hall–Kier alpha value is -1.59. The minimum atomic E-state index is -0.381. The monoisotopic (exact) mass is 379 g/mol. The molecular formula is C20H30ClN3O2. The Morgan fingerprint density at radius 1 is 1.19 bits per heavy atom. The van der Waals surface area contributed by atoms with Gasteiger partial charge in [-0.3, -0.25) is 9.59 Å². The standard InChI is InChI=1S/C20H29N3O2.ClH/c1-13-4-2-7-17(10-13)23(9-8-18(21)24)20(25)16-11-14-5-3-6-15(12-16)19(14)22;/h2,4,7,10,14-16,19H,3,5-6,8-9,11-12,22H2,1H3,(H2,21,24);1H. The molecular weight excluding hydrogens is 350 g/mol. The summed E-state index contributed by atoms with van der Waals surface area (Å²) in [5.74, 6) is 0.654. The maximum Gasteiger partial charge on any atom is 0.230 e. The number of nitrogens with zero attached hydrogens (tertiary/aromatic N) is 1. The van der Waals surface area contributed by atoms with Gasteiger partial charge in [-0.05, 0) is 62.1 Å². The number of anilines is 1. The van der Waals surface area contributed by atoms with Gasteiger partial charge >= 0.3 is 0 Å². The number of fused-ring (bicyclic) bond motifs is 2. The van der Waals surface area contributed by atoms with Crippen LogP contribution in [0.2, 0.25) is 0 Å². The number of nitrogens with two attached hydrogens (primary N) is 2. The second kappa shape index (κ2) is 8.87. The topological polar surface area (TPSA) is 89.4 Å². The summed E-state index contributed by atoms with van der Waals surface area (Å²) in [6.07, 6.45) is 5.41. The fourth-order valence-corrected chi connectivity index (χ4v) is 4.60. The largest absolute Gasteiger partial charge is 0.370 e. The highest BCUT2D eigenvalue weighted by molar-refractivity contribution is 5.95. The molecule has 2 amide bonds. The lowest BCUT2D eigenvalue weighted by atomic mass is 9.65. The molecule has 0 spiro atoms. The van der Waals surface area contributed by atoms with E-state index in [9.17, 15) is 9.59 Å². The second-order valence-corrected chi connectivity index (χ2v) is 7.74. The van der Waals surface area contributed by atoms with E-state index in [1.54, 1.807) is 4.90 Å². The smallest absolute Gasteiger partial charge is 0.230 e. The fourth-order valence-electron chi connectivity index (χ4n) is 4.60. The van der Waals surface area contributed by atoms with E-state index in [4.69, 9.17) is 11.5 Å². The van der Waals surface area contributed by atoms with Crippen molar-refractivity contribution < 1.29 is 9.59 Å². The van der Waals surface area contributed by atoms with Gasteiger partial charge in [-0.15, -0.1) is 12.4 Å². The molecule has 0 aliphatic heterocycles. The highest BCUT2D eigenvalue weighted by atomic mass is 35.5. The average Bonchev–Trinajstić information content (AvgIpc) is 2.54. The number of aryl methyl sites for hydroxylation is 1. The number of hydrogen-bond donors (Lipinski definition) is 2. The van der Waals surface area contributed by atoms with Crippen LogP contribution in [0.25, 0.3) is 0 Å². The number of carbonyl (C=O) groups excluding carboxylic acids is 2. The van der Waals surface area contributed by atoms with Gasteiger partial charge in [0, 0.05) is 30.6 Å². The molecule has 2 fully saturated rings. The first-order valence-electron chi connectivity index (χ1n) is 9.37. The van der Waals surface area contributed by atoms with Gasteiger partial charge in [0.15, 0.2) is 0 Å². The molecule has 0 aromatic heterocycles. The summed E-state index contributed by atoms with van der Waals surface area (Å²) >= 11 is 0. The molecule has 2 unspecified atom stereocenters. The van der Waals surface area contributed by atoms with Gasteiger partial charge in [-0.25, -0.2) is 0 Å². The summed E-state index contributed by atoms with van der Waals surface area (Å²) in [5, 5.41) is 0. The fraction of sp³-hybridized carbons (Fsp3) is 0.600. The van der Waals surface area contributed by atoms with Crippen LogP contribution in [0.3, 0.4) is 0 Å². The first kappa shape index (κ1) is 20.7. The van der Waals surface area contributed by atoms with Crippen molar-refractivity contribution in [3.63, 3.8) is 0 Å². The zero-order valence-corrected chi connectivity index (χ0v) is 16.2. The Labute approximate surface area is 161 Å². The Morgan fingerprint density at radius 3 is 2.42 bits per heavy atom. The summed E-state index contributed by atoms with van der Waals surface area (Å²) < 4.78 is 0. The van der Waals surface area contributed by atoms with Gasteiger partial charge in [0.05, 0.1) is 0 Å². The summed E-state index contributed by atoms with van der Waals surface area (Å²) in [6, 6.07) is 8.12. The number of benzene rings is 1. The molecule has 4 N–H and O–H groups in total. The lowest BCUT2D eigenvalue weighted by molar-refractivity contribution is -0.125. The van der Waals surface area contributed by atoms with E-state index in [0.29, 0.717) is 18.4 Å². The molecule has 2 bridgehead atoms. The molecule has 2 saturated carbocycles. The number of rotatable bonds is 5. The first-order chi connectivity index (χ1) is 12.0. The van der Waals surface area contributed by atoms with Crippen molar-refractivity contribution >= 4 is 29.9 Å². The quantitative estimate of drug-likeness (QED) is 0.824. The molecule has 144 valence electrons. The van der Waals surface area contributed by atoms with Crippen molar-refractivity contribution in [2.45, 2.75) is 51.5 Å². The summed E-state index contributed by atoms with van der Waals surface area (Å²) in [6.45, 7) is 2.35. The van der Waals surface area contributed by atoms with Gasteiger partial charge in [-0.1, -0.05) is 18.6 Å². The second-order valence-electron chi connectivity index (χ2n) is 7.74. The molecule has 5 nitrogen and oxygen atoms in total. The molecule has 2 aliphatic carbocycles. The number of halogens is 1. The lowest BCUT2D eigenvalue weighted by Gasteiger charge is -2.44. The van der Waals surface area contributed by atoms with E-state index in [1.165, 1.54) is 6.42 Å². The van der Waals surface area contributed by atoms with E-state index < -0.39 is 0 Å². The van der Waals surface area contributed by atoms with Crippen molar-refractivity contribution in [3.05, 3.63) is 29.8 Å². The van der Waals surface area contributed by atoms with Crippen molar-refractivity contribution in [2.24, 2.45) is 29.2 Å². The van der Waals surface area contributed by atoms with Crippen LogP contribution in [-0.4, -0.2) is 24.4 Å². The van der Waals surface area contributed by atoms with Crippen LogP contribution in [-0.2, 0) is 9.59 Å². The van der Waals surface area contributed by atoms with Gasteiger partial charge in [0.1, 0.15) is 0 Å². The van der Waals surface area contributed by atoms with Crippen LogP contribution >= 0.6 is 12.4 Å². The third-order valence-electron chi connectivity index (χ3n) is 5.92. The van der Waals surface area contributed by atoms with Crippen LogP contribution in [0, 0.1) is 24.7 Å². The molecule has 2 atom stereocenters. The van der Waals surface area contributed by atoms with Crippen molar-refractivity contribution in [2.75, 3.05) is 11.4 Å². The maximum absolute atomic E-state index is 13.3. The predicted octanol–water partition coefficient (Wildman–Crippen LogP) is 2.78. The third kappa shape index (κ3) is 4.57. The lowest BCUT2D eigenvalue weighted by Crippen LogP contribution is -2.50. The van der Waals surface area contributed by atoms with Gasteiger partial charge in [-0.2, -0.15) is 0 Å². The van der Waals surface area contributed by atoms with Crippen LogP contribution in [0.4, 0.5) is 5.69 Å². The number of hydrogen-bond acceptors (Lipinski definition) is 3. The maximum atomic E-state index is 13.3. The van der Waals surface area contributed by atoms with Gasteiger partial charge in [0.2, 0.25) is 11.8 Å². The van der Waals surface area contributed by atoms with Crippen molar-refractivity contribution in [3.8, 4) is 0 Å². The molecule has 0 radical (unpaired) electrons. The molecule has 0 heterocycles. The molecule has 1 aromatic carbocycles. The molecule has 26 heavy (non-hydrogen) atoms. The Bertz CT molecular complexity index is 638. The summed E-state index contributed by atoms with van der Waals surface area (Å²) in [4.78, 5) is 26.3. The summed E-state index contributed by atoms with van der Waals surface area (Å²) in [7, 11) is 0. The molecule has 6 heteroatoms. The highest BCUT2D eigenvalue weighted by Gasteiger charge is 2.41. The minimum Gasteiger partial charge on any atom is -0.370 e. The zero-order chi connectivity index (χ0) is 18.0.